The van der Waals surface area contributed by atoms with E-state index in [1.54, 1.807) is 12.1 Å². The molecule has 0 bridgehead atoms. The number of fused-ring (bicyclic) bond motifs is 1. The van der Waals surface area contributed by atoms with Crippen molar-refractivity contribution in [3.8, 4) is 5.75 Å². The summed E-state index contributed by atoms with van der Waals surface area (Å²) < 4.78 is 23.0. The first-order valence-electron chi connectivity index (χ1n) is 14.7. The highest BCUT2D eigenvalue weighted by Crippen LogP contribution is 2.18. The van der Waals surface area contributed by atoms with Crippen molar-refractivity contribution >= 4 is 16.9 Å². The number of hydrogen-bond acceptors (Lipinski definition) is 5. The number of halogens is 1. The summed E-state index contributed by atoms with van der Waals surface area (Å²) in [6, 6.07) is 29.2. The van der Waals surface area contributed by atoms with Crippen LogP contribution in [0.15, 0.2) is 97.2 Å². The van der Waals surface area contributed by atoms with E-state index in [0.29, 0.717) is 31.1 Å². The molecule has 0 radical (unpaired) electrons. The molecule has 2 aromatic heterocycles. The van der Waals surface area contributed by atoms with Crippen LogP contribution >= 0.6 is 0 Å². The maximum Gasteiger partial charge on any atom is 0.203 e. The second kappa shape index (κ2) is 13.0. The summed E-state index contributed by atoms with van der Waals surface area (Å²) in [5.41, 5.74) is 5.11. The Morgan fingerprint density at radius 3 is 2.12 bits per heavy atom. The average molecular weight is 565 g/mol. The van der Waals surface area contributed by atoms with Crippen molar-refractivity contribution in [2.24, 2.45) is 0 Å². The lowest BCUT2D eigenvalue weighted by Gasteiger charge is -2.35. The molecule has 1 aliphatic rings. The van der Waals surface area contributed by atoms with Crippen LogP contribution in [0, 0.1) is 11.2 Å². The number of ether oxygens (including phenoxy) is 1. The third kappa shape index (κ3) is 6.55. The van der Waals surface area contributed by atoms with E-state index in [0.717, 1.165) is 68.0 Å². The normalized spacial score (nSPS) is 14.0. The maximum absolute atomic E-state index is 13.1. The molecule has 216 valence electrons. The summed E-state index contributed by atoms with van der Waals surface area (Å²) in [7, 11) is 0. The third-order valence-corrected chi connectivity index (χ3v) is 7.96. The van der Waals surface area contributed by atoms with Crippen molar-refractivity contribution in [3.63, 3.8) is 0 Å². The van der Waals surface area contributed by atoms with Gasteiger partial charge in [0.25, 0.3) is 0 Å². The average Bonchev–Trinajstić information content (AvgIpc) is 3.30. The van der Waals surface area contributed by atoms with Gasteiger partial charge in [-0.2, -0.15) is 0 Å². The van der Waals surface area contributed by atoms with Crippen molar-refractivity contribution in [2.75, 3.05) is 37.7 Å². The van der Waals surface area contributed by atoms with Gasteiger partial charge in [0.05, 0.1) is 17.6 Å². The molecule has 0 atom stereocenters. The fourth-order valence-corrected chi connectivity index (χ4v) is 5.66. The minimum Gasteiger partial charge on any atom is -0.494 e. The van der Waals surface area contributed by atoms with E-state index in [2.05, 4.69) is 69.0 Å². The van der Waals surface area contributed by atoms with E-state index < -0.39 is 0 Å². The van der Waals surface area contributed by atoms with Gasteiger partial charge in [-0.3, -0.25) is 10.3 Å². The van der Waals surface area contributed by atoms with E-state index in [1.165, 1.54) is 17.7 Å². The smallest absolute Gasteiger partial charge is 0.203 e. The number of nitrogens with zero attached hydrogens (tertiary/aromatic N) is 5. The first kappa shape index (κ1) is 27.7. The van der Waals surface area contributed by atoms with Gasteiger partial charge >= 0.3 is 0 Å². The summed E-state index contributed by atoms with van der Waals surface area (Å²) in [4.78, 5) is 9.68. The molecule has 3 heterocycles. The van der Waals surface area contributed by atoms with Gasteiger partial charge in [-0.1, -0.05) is 48.5 Å². The van der Waals surface area contributed by atoms with Crippen LogP contribution in [-0.2, 0) is 26.1 Å². The van der Waals surface area contributed by atoms with Crippen LogP contribution < -0.4 is 15.3 Å². The lowest BCUT2D eigenvalue weighted by atomic mass is 10.2. The molecule has 1 N–H and O–H groups in total. The summed E-state index contributed by atoms with van der Waals surface area (Å²) in [6.07, 6.45) is 3.53. The predicted molar refractivity (Wildman–Crippen MR) is 164 cm³/mol. The van der Waals surface area contributed by atoms with Crippen LogP contribution in [-0.4, -0.2) is 51.8 Å². The van der Waals surface area contributed by atoms with Crippen LogP contribution in [0.1, 0.15) is 17.5 Å². The zero-order valence-corrected chi connectivity index (χ0v) is 23.8. The van der Waals surface area contributed by atoms with Gasteiger partial charge in [-0.15, -0.1) is 0 Å². The molecule has 6 rings (SSSR count). The molecule has 3 aromatic carbocycles. The molecule has 0 spiro atoms. The van der Waals surface area contributed by atoms with E-state index in [-0.39, 0.29) is 5.82 Å². The number of hydrogen-bond donors (Lipinski definition) is 1. The number of piperazine rings is 1. The van der Waals surface area contributed by atoms with Crippen LogP contribution in [0.25, 0.3) is 11.0 Å². The zero-order chi connectivity index (χ0) is 28.7. The lowest BCUT2D eigenvalue weighted by Crippen LogP contribution is -2.46. The highest BCUT2D eigenvalue weighted by Gasteiger charge is 2.18. The van der Waals surface area contributed by atoms with Gasteiger partial charge in [0.15, 0.2) is 0 Å². The largest absolute Gasteiger partial charge is 0.494 e. The fraction of sp³-hybridized carbons (Fsp3) is 0.294. The Morgan fingerprint density at radius 1 is 0.738 bits per heavy atom. The molecular formula is C34H37FN6O. The molecule has 42 heavy (non-hydrogen) atoms. The van der Waals surface area contributed by atoms with Gasteiger partial charge in [-0.25, -0.2) is 9.37 Å². The molecule has 0 amide bonds. The van der Waals surface area contributed by atoms with Gasteiger partial charge < -0.3 is 18.8 Å². The highest BCUT2D eigenvalue weighted by atomic mass is 19.1. The highest BCUT2D eigenvalue weighted by molar-refractivity contribution is 5.75. The number of rotatable bonds is 11. The Labute approximate surface area is 245 Å². The molecule has 0 aliphatic carbocycles. The second-order valence-electron chi connectivity index (χ2n) is 10.8. The topological polar surface area (TPSA) is 62.3 Å². The van der Waals surface area contributed by atoms with E-state index in [9.17, 15) is 4.39 Å². The van der Waals surface area contributed by atoms with Crippen molar-refractivity contribution in [3.05, 3.63) is 120 Å². The van der Waals surface area contributed by atoms with Crippen molar-refractivity contribution in [2.45, 2.75) is 32.5 Å². The Hall–Kier alpha value is -4.43. The Kier molecular flexibility index (Phi) is 8.61. The molecule has 7 nitrogen and oxygen atoms in total. The summed E-state index contributed by atoms with van der Waals surface area (Å²) in [5, 5.41) is 8.94. The summed E-state index contributed by atoms with van der Waals surface area (Å²) in [5.74, 6) is 1.41. The van der Waals surface area contributed by atoms with Crippen LogP contribution in [0.3, 0.4) is 0 Å². The molecule has 1 fully saturated rings. The van der Waals surface area contributed by atoms with E-state index in [4.69, 9.17) is 15.1 Å². The Bertz CT molecular complexity index is 1640. The predicted octanol–water partition coefficient (Wildman–Crippen LogP) is 5.49. The SMILES string of the molecule is N=c1n(CCCOc2ccc(F)cc2)c2ccccc2n1CCc1ccc(N2CCN(Cc3ccccc3)CC2)nc1. The third-order valence-electron chi connectivity index (χ3n) is 7.96. The van der Waals surface area contributed by atoms with Gasteiger partial charge in [0.1, 0.15) is 17.4 Å². The molecule has 1 aliphatic heterocycles. The molecule has 0 unspecified atom stereocenters. The minimum absolute atomic E-state index is 0.274. The van der Waals surface area contributed by atoms with Crippen LogP contribution in [0.2, 0.25) is 0 Å². The molecule has 1 saturated heterocycles. The number of anilines is 1. The summed E-state index contributed by atoms with van der Waals surface area (Å²) in [6.45, 7) is 6.89. The number of nitrogens with one attached hydrogen (secondary N) is 1. The first-order chi connectivity index (χ1) is 20.6. The monoisotopic (exact) mass is 564 g/mol. The van der Waals surface area contributed by atoms with Crippen molar-refractivity contribution in [1.29, 1.82) is 5.41 Å². The number of benzene rings is 3. The molecule has 5 aromatic rings. The first-order valence-corrected chi connectivity index (χ1v) is 14.7. The molecule has 0 saturated carbocycles. The zero-order valence-electron chi connectivity index (χ0n) is 23.8. The van der Waals surface area contributed by atoms with E-state index >= 15 is 0 Å². The lowest BCUT2D eigenvalue weighted by molar-refractivity contribution is 0.249. The Morgan fingerprint density at radius 2 is 1.43 bits per heavy atom. The molecule has 8 heteroatoms. The number of imidazole rings is 1. The van der Waals surface area contributed by atoms with Crippen LogP contribution in [0.4, 0.5) is 10.2 Å². The number of para-hydroxylation sites is 2. The van der Waals surface area contributed by atoms with Gasteiger partial charge in [-0.05, 0) is 66.4 Å². The van der Waals surface area contributed by atoms with Crippen molar-refractivity contribution in [1.82, 2.24) is 19.0 Å². The van der Waals surface area contributed by atoms with Gasteiger partial charge in [0, 0.05) is 52.0 Å². The maximum atomic E-state index is 13.1. The van der Waals surface area contributed by atoms with Crippen LogP contribution in [0.5, 0.6) is 5.75 Å². The second-order valence-corrected chi connectivity index (χ2v) is 10.8. The number of pyridine rings is 1. The quantitative estimate of drug-likeness (QED) is 0.216. The minimum atomic E-state index is -0.274. The number of aromatic nitrogens is 3. The summed E-state index contributed by atoms with van der Waals surface area (Å²) >= 11 is 0. The molecular weight excluding hydrogens is 527 g/mol. The van der Waals surface area contributed by atoms with Crippen molar-refractivity contribution < 1.29 is 9.13 Å². The standard InChI is InChI=1S/C34H37FN6O/c35-29-12-14-30(15-13-29)42-24-6-18-40-31-9-4-5-10-32(31)41(34(40)36)19-17-27-11-16-33(37-25-27)39-22-20-38(21-23-39)26-28-7-2-1-3-8-28/h1-5,7-16,25,36H,6,17-24,26H2. The van der Waals surface area contributed by atoms with Gasteiger partial charge in [0.2, 0.25) is 5.62 Å². The number of aryl methyl sites for hydroxylation is 3. The Balaban J connectivity index is 1.04. The van der Waals surface area contributed by atoms with E-state index in [1.807, 2.05) is 22.9 Å². The fourth-order valence-electron chi connectivity index (χ4n) is 5.66.